The first-order valence-electron chi connectivity index (χ1n) is 17.0. The number of hydrogen-bond acceptors (Lipinski definition) is 8. The summed E-state index contributed by atoms with van der Waals surface area (Å²) < 4.78 is 11.5. The summed E-state index contributed by atoms with van der Waals surface area (Å²) in [5, 5.41) is 15.4. The smallest absolute Gasteiger partial charge is 0.410 e. The lowest BCUT2D eigenvalue weighted by molar-refractivity contribution is -0.119. The normalized spacial score (nSPS) is 13.9. The van der Waals surface area contributed by atoms with Crippen LogP contribution in [0.1, 0.15) is 60.8 Å². The monoisotopic (exact) mass is 742 g/mol. The van der Waals surface area contributed by atoms with Gasteiger partial charge in [-0.1, -0.05) is 41.9 Å². The van der Waals surface area contributed by atoms with Crippen molar-refractivity contribution >= 4 is 41.3 Å². The van der Waals surface area contributed by atoms with Crippen LogP contribution >= 0.6 is 11.6 Å². The van der Waals surface area contributed by atoms with E-state index in [0.717, 1.165) is 21.6 Å². The van der Waals surface area contributed by atoms with Crippen LogP contribution < -0.4 is 15.4 Å². The topological polar surface area (TPSA) is 163 Å². The summed E-state index contributed by atoms with van der Waals surface area (Å²) in [5.41, 5.74) is 4.88. The van der Waals surface area contributed by atoms with Gasteiger partial charge in [0.25, 0.3) is 5.91 Å². The van der Waals surface area contributed by atoms with Gasteiger partial charge in [-0.3, -0.25) is 19.6 Å². The van der Waals surface area contributed by atoms with Gasteiger partial charge in [0, 0.05) is 60.8 Å². The molecule has 3 heterocycles. The van der Waals surface area contributed by atoms with Crippen LogP contribution in [0.3, 0.4) is 0 Å². The highest BCUT2D eigenvalue weighted by Gasteiger charge is 2.29. The van der Waals surface area contributed by atoms with Crippen LogP contribution in [0, 0.1) is 6.92 Å². The number of carbonyl (C=O) groups is 4. The minimum absolute atomic E-state index is 0.0386. The Hall–Kier alpha value is -5.69. The Bertz CT molecular complexity index is 2010. The number of carboxylic acid groups (broad SMARTS) is 1. The predicted molar refractivity (Wildman–Crippen MR) is 201 cm³/mol. The Kier molecular flexibility index (Phi) is 11.9. The zero-order valence-electron chi connectivity index (χ0n) is 30.5. The zero-order valence-corrected chi connectivity index (χ0v) is 31.3. The van der Waals surface area contributed by atoms with Crippen molar-refractivity contribution in [1.82, 2.24) is 25.1 Å². The number of rotatable bonds is 11. The van der Waals surface area contributed by atoms with Crippen LogP contribution in [-0.4, -0.2) is 81.2 Å². The third-order valence-electron chi connectivity index (χ3n) is 8.66. The Morgan fingerprint density at radius 2 is 1.83 bits per heavy atom. The molecule has 14 heteroatoms. The molecule has 0 aliphatic carbocycles. The Morgan fingerprint density at radius 1 is 1.06 bits per heavy atom. The highest BCUT2D eigenvalue weighted by molar-refractivity contribution is 6.35. The second-order valence-corrected chi connectivity index (χ2v) is 14.2. The average molecular weight is 743 g/mol. The van der Waals surface area contributed by atoms with Gasteiger partial charge in [0.05, 0.1) is 30.9 Å². The number of nitrogens with zero attached hydrogens (tertiary/aromatic N) is 4. The average Bonchev–Trinajstić information content (AvgIpc) is 3.53. The summed E-state index contributed by atoms with van der Waals surface area (Å²) >= 11 is 7.06. The Balaban J connectivity index is 1.37. The number of pyridine rings is 2. The second-order valence-electron chi connectivity index (χ2n) is 13.8. The molecule has 2 aromatic carbocycles. The van der Waals surface area contributed by atoms with E-state index in [0.29, 0.717) is 51.7 Å². The fourth-order valence-electron chi connectivity index (χ4n) is 5.93. The molecule has 4 aromatic rings. The van der Waals surface area contributed by atoms with Crippen molar-refractivity contribution < 1.29 is 33.8 Å². The fraction of sp³-hybridized carbons (Fsp3) is 0.333. The number of benzene rings is 2. The van der Waals surface area contributed by atoms with E-state index >= 15 is 0 Å². The van der Waals surface area contributed by atoms with E-state index in [9.17, 15) is 19.2 Å². The molecule has 1 aliphatic rings. The number of methoxy groups -OCH3 is 1. The molecule has 3 N–H and O–H groups in total. The number of carbonyl (C=O) groups excluding carboxylic acids is 3. The van der Waals surface area contributed by atoms with E-state index in [2.05, 4.69) is 20.6 Å². The van der Waals surface area contributed by atoms with Gasteiger partial charge in [0.15, 0.2) is 0 Å². The summed E-state index contributed by atoms with van der Waals surface area (Å²) in [6, 6.07) is 15.9. The van der Waals surface area contributed by atoms with Crippen molar-refractivity contribution in [3.63, 3.8) is 0 Å². The maximum atomic E-state index is 13.3. The lowest BCUT2D eigenvalue weighted by atomic mass is 9.97. The summed E-state index contributed by atoms with van der Waals surface area (Å²) in [7, 11) is 3.00. The molecule has 1 fully saturated rings. The van der Waals surface area contributed by atoms with Crippen LogP contribution in [0.2, 0.25) is 5.02 Å². The summed E-state index contributed by atoms with van der Waals surface area (Å²) in [4.78, 5) is 60.9. The fourth-order valence-corrected chi connectivity index (χ4v) is 6.26. The van der Waals surface area contributed by atoms with E-state index in [1.165, 1.54) is 13.2 Å². The Morgan fingerprint density at radius 3 is 2.47 bits per heavy atom. The molecule has 13 nitrogen and oxygen atoms in total. The standard InChI is InChI=1S/C39H43ClN6O7/c1-23-28(8-7-9-30(23)44-36(48)31-14-10-24(19-42-31)20-45(5)37(49)50)29-16-17-41-35(34(29)40)25-11-12-26(32(18-25)52-6)21-46(38(51)53-39(2,3)4)22-27-13-15-33(47)43-27/h7-12,14,16-19,27H,13,15,20-22H2,1-6H3,(H,43,47)(H,44,48)(H,49,50). The first-order chi connectivity index (χ1) is 25.1. The van der Waals surface area contributed by atoms with E-state index in [4.69, 9.17) is 26.2 Å². The molecule has 0 spiro atoms. The first kappa shape index (κ1) is 38.5. The summed E-state index contributed by atoms with van der Waals surface area (Å²) in [6.07, 6.45) is 2.63. The third kappa shape index (κ3) is 9.60. The van der Waals surface area contributed by atoms with E-state index in [1.807, 2.05) is 37.3 Å². The van der Waals surface area contributed by atoms with Crippen LogP contribution in [0.5, 0.6) is 5.75 Å². The maximum Gasteiger partial charge on any atom is 0.410 e. The van der Waals surface area contributed by atoms with Crippen LogP contribution in [-0.2, 0) is 22.6 Å². The number of anilines is 1. The van der Waals surface area contributed by atoms with Crippen molar-refractivity contribution in [1.29, 1.82) is 0 Å². The molecule has 2 aromatic heterocycles. The van der Waals surface area contributed by atoms with E-state index < -0.39 is 23.7 Å². The number of nitrogens with one attached hydrogen (secondary N) is 2. The highest BCUT2D eigenvalue weighted by atomic mass is 35.5. The van der Waals surface area contributed by atoms with Crippen molar-refractivity contribution in [3.8, 4) is 28.1 Å². The molecule has 0 saturated carbocycles. The number of ether oxygens (including phenoxy) is 2. The van der Waals surface area contributed by atoms with Gasteiger partial charge in [-0.2, -0.15) is 0 Å². The molecule has 5 rings (SSSR count). The number of halogens is 1. The molecule has 1 atom stereocenters. The molecule has 0 radical (unpaired) electrons. The van der Waals surface area contributed by atoms with Gasteiger partial charge in [-0.25, -0.2) is 9.59 Å². The molecule has 278 valence electrons. The minimum atomic E-state index is -1.06. The molecule has 0 bridgehead atoms. The van der Waals surface area contributed by atoms with Gasteiger partial charge < -0.3 is 35.0 Å². The number of aromatic nitrogens is 2. The molecule has 1 saturated heterocycles. The quantitative estimate of drug-likeness (QED) is 0.145. The zero-order chi connectivity index (χ0) is 38.4. The molecule has 4 amide bonds. The van der Waals surface area contributed by atoms with Crippen LogP contribution in [0.15, 0.2) is 67.0 Å². The van der Waals surface area contributed by atoms with Crippen molar-refractivity contribution in [2.75, 3.05) is 26.0 Å². The SMILES string of the molecule is COc1cc(-c2nccc(-c3cccc(NC(=O)c4ccc(CN(C)C(=O)O)cn4)c3C)c2Cl)ccc1CN(CC1CCC(=O)N1)C(=O)OC(C)(C)C. The van der Waals surface area contributed by atoms with E-state index in [-0.39, 0.29) is 37.3 Å². The first-order valence-corrected chi connectivity index (χ1v) is 17.4. The lowest BCUT2D eigenvalue weighted by Crippen LogP contribution is -2.43. The Labute approximate surface area is 313 Å². The van der Waals surface area contributed by atoms with Gasteiger partial charge in [-0.15, -0.1) is 0 Å². The highest BCUT2D eigenvalue weighted by Crippen LogP contribution is 2.39. The third-order valence-corrected chi connectivity index (χ3v) is 9.05. The van der Waals surface area contributed by atoms with Gasteiger partial charge in [0.1, 0.15) is 17.0 Å². The number of amides is 4. The van der Waals surface area contributed by atoms with Crippen molar-refractivity contribution in [2.45, 2.75) is 65.3 Å². The second kappa shape index (κ2) is 16.3. The van der Waals surface area contributed by atoms with Gasteiger partial charge in [-0.05, 0) is 75.1 Å². The molecular weight excluding hydrogens is 700 g/mol. The molecule has 1 aliphatic heterocycles. The number of hydrogen-bond donors (Lipinski definition) is 3. The van der Waals surface area contributed by atoms with Crippen LogP contribution in [0.25, 0.3) is 22.4 Å². The predicted octanol–water partition coefficient (Wildman–Crippen LogP) is 7.16. The summed E-state index contributed by atoms with van der Waals surface area (Å²) in [6.45, 7) is 7.91. The molecule has 53 heavy (non-hydrogen) atoms. The van der Waals surface area contributed by atoms with Gasteiger partial charge in [0.2, 0.25) is 5.91 Å². The molecule has 1 unspecified atom stereocenters. The van der Waals surface area contributed by atoms with Crippen LogP contribution in [0.4, 0.5) is 15.3 Å². The van der Waals surface area contributed by atoms with Gasteiger partial charge >= 0.3 is 12.2 Å². The largest absolute Gasteiger partial charge is 0.496 e. The lowest BCUT2D eigenvalue weighted by Gasteiger charge is -2.29. The molecular formula is C39H43ClN6O7. The summed E-state index contributed by atoms with van der Waals surface area (Å²) in [5.74, 6) is 0.0600. The van der Waals surface area contributed by atoms with Crippen molar-refractivity contribution in [3.05, 3.63) is 94.4 Å². The van der Waals surface area contributed by atoms with E-state index in [1.54, 1.807) is 63.2 Å². The maximum absolute atomic E-state index is 13.3. The van der Waals surface area contributed by atoms with Crippen molar-refractivity contribution in [2.24, 2.45) is 0 Å². The minimum Gasteiger partial charge on any atom is -0.496 e.